The maximum Gasteiger partial charge on any atom is 0.408 e. The summed E-state index contributed by atoms with van der Waals surface area (Å²) in [5.41, 5.74) is 5.71. The SMILES string of the molecule is COC(=O)[C@@H](Cc1ccccc1)NC(=O)[C@H](CCCN)NC(=O)OC(C)(C)C. The molecule has 0 aliphatic heterocycles. The lowest BCUT2D eigenvalue weighted by molar-refractivity contribution is -0.145. The van der Waals surface area contributed by atoms with Crippen LogP contribution in [0.3, 0.4) is 0 Å². The minimum atomic E-state index is -0.874. The van der Waals surface area contributed by atoms with E-state index in [-0.39, 0.29) is 6.42 Å². The Morgan fingerprint density at radius 2 is 1.71 bits per heavy atom. The molecule has 156 valence electrons. The van der Waals surface area contributed by atoms with E-state index in [2.05, 4.69) is 10.6 Å². The van der Waals surface area contributed by atoms with E-state index in [1.165, 1.54) is 7.11 Å². The van der Waals surface area contributed by atoms with Crippen molar-refractivity contribution in [3.63, 3.8) is 0 Å². The third-order valence-corrected chi connectivity index (χ3v) is 3.79. The summed E-state index contributed by atoms with van der Waals surface area (Å²) in [6, 6.07) is 7.52. The van der Waals surface area contributed by atoms with E-state index in [1.54, 1.807) is 20.8 Å². The molecule has 0 heterocycles. The predicted molar refractivity (Wildman–Crippen MR) is 106 cm³/mol. The molecule has 28 heavy (non-hydrogen) atoms. The van der Waals surface area contributed by atoms with Gasteiger partial charge in [0.1, 0.15) is 17.7 Å². The van der Waals surface area contributed by atoms with Crippen LogP contribution in [0.4, 0.5) is 4.79 Å². The Morgan fingerprint density at radius 1 is 1.07 bits per heavy atom. The lowest BCUT2D eigenvalue weighted by Gasteiger charge is -2.25. The smallest absolute Gasteiger partial charge is 0.408 e. The van der Waals surface area contributed by atoms with Crippen LogP contribution in [0.1, 0.15) is 39.2 Å². The van der Waals surface area contributed by atoms with Crippen LogP contribution in [-0.2, 0) is 25.5 Å². The molecule has 0 fully saturated rings. The van der Waals surface area contributed by atoms with Gasteiger partial charge < -0.3 is 25.8 Å². The second-order valence-electron chi connectivity index (χ2n) is 7.40. The van der Waals surface area contributed by atoms with Crippen molar-refractivity contribution in [2.45, 2.75) is 57.7 Å². The fraction of sp³-hybridized carbons (Fsp3) is 0.550. The molecule has 0 aliphatic carbocycles. The molecule has 8 heteroatoms. The number of carbonyl (C=O) groups is 3. The van der Waals surface area contributed by atoms with Crippen LogP contribution in [0.15, 0.2) is 30.3 Å². The zero-order valence-electron chi connectivity index (χ0n) is 17.0. The highest BCUT2D eigenvalue weighted by atomic mass is 16.6. The van der Waals surface area contributed by atoms with Crippen LogP contribution >= 0.6 is 0 Å². The van der Waals surface area contributed by atoms with Crippen molar-refractivity contribution in [1.82, 2.24) is 10.6 Å². The van der Waals surface area contributed by atoms with Gasteiger partial charge in [-0.25, -0.2) is 9.59 Å². The van der Waals surface area contributed by atoms with Crippen molar-refractivity contribution in [3.05, 3.63) is 35.9 Å². The van der Waals surface area contributed by atoms with Gasteiger partial charge in [-0.1, -0.05) is 30.3 Å². The topological polar surface area (TPSA) is 120 Å². The largest absolute Gasteiger partial charge is 0.467 e. The van der Waals surface area contributed by atoms with Crippen molar-refractivity contribution in [3.8, 4) is 0 Å². The van der Waals surface area contributed by atoms with E-state index in [9.17, 15) is 14.4 Å². The molecule has 4 N–H and O–H groups in total. The molecule has 1 aromatic carbocycles. The van der Waals surface area contributed by atoms with Crippen LogP contribution in [0.2, 0.25) is 0 Å². The summed E-state index contributed by atoms with van der Waals surface area (Å²) in [5.74, 6) is -1.06. The summed E-state index contributed by atoms with van der Waals surface area (Å²) >= 11 is 0. The van der Waals surface area contributed by atoms with Crippen molar-refractivity contribution in [1.29, 1.82) is 0 Å². The molecule has 0 bridgehead atoms. The quantitative estimate of drug-likeness (QED) is 0.547. The third kappa shape index (κ3) is 8.85. The second-order valence-corrected chi connectivity index (χ2v) is 7.40. The Labute approximate surface area is 166 Å². The first-order valence-corrected chi connectivity index (χ1v) is 9.28. The molecule has 0 saturated carbocycles. The van der Waals surface area contributed by atoms with Gasteiger partial charge in [0.25, 0.3) is 0 Å². The molecule has 0 unspecified atom stereocenters. The summed E-state index contributed by atoms with van der Waals surface area (Å²) in [6.45, 7) is 5.56. The van der Waals surface area contributed by atoms with Crippen molar-refractivity contribution < 1.29 is 23.9 Å². The fourth-order valence-electron chi connectivity index (χ4n) is 2.50. The number of nitrogens with one attached hydrogen (secondary N) is 2. The highest BCUT2D eigenvalue weighted by Crippen LogP contribution is 2.09. The minimum Gasteiger partial charge on any atom is -0.467 e. The van der Waals surface area contributed by atoms with E-state index in [4.69, 9.17) is 15.2 Å². The van der Waals surface area contributed by atoms with E-state index in [1.807, 2.05) is 30.3 Å². The average molecular weight is 393 g/mol. The third-order valence-electron chi connectivity index (χ3n) is 3.79. The number of hydrogen-bond donors (Lipinski definition) is 3. The first-order chi connectivity index (χ1) is 13.2. The summed E-state index contributed by atoms with van der Waals surface area (Å²) in [6.07, 6.45) is 0.410. The number of alkyl carbamates (subject to hydrolysis) is 1. The van der Waals surface area contributed by atoms with Crippen molar-refractivity contribution >= 4 is 18.0 Å². The molecule has 0 spiro atoms. The molecule has 0 aromatic heterocycles. The molecule has 0 saturated heterocycles. The Morgan fingerprint density at radius 3 is 2.25 bits per heavy atom. The number of ether oxygens (including phenoxy) is 2. The molecule has 8 nitrogen and oxygen atoms in total. The Balaban J connectivity index is 2.85. The van der Waals surface area contributed by atoms with E-state index in [0.29, 0.717) is 19.4 Å². The average Bonchev–Trinajstić information content (AvgIpc) is 2.63. The summed E-state index contributed by atoms with van der Waals surface area (Å²) in [5, 5.41) is 5.22. The zero-order chi connectivity index (χ0) is 21.2. The lowest BCUT2D eigenvalue weighted by atomic mass is 10.0. The van der Waals surface area contributed by atoms with E-state index < -0.39 is 35.7 Å². The van der Waals surface area contributed by atoms with Gasteiger partial charge in [-0.05, 0) is 45.7 Å². The first kappa shape index (κ1) is 23.4. The maximum absolute atomic E-state index is 12.7. The Kier molecular flexibility index (Phi) is 9.44. The monoisotopic (exact) mass is 393 g/mol. The highest BCUT2D eigenvalue weighted by molar-refractivity contribution is 5.89. The van der Waals surface area contributed by atoms with Gasteiger partial charge in [0, 0.05) is 6.42 Å². The molecule has 2 amide bonds. The number of rotatable bonds is 9. The number of nitrogens with two attached hydrogens (primary N) is 1. The van der Waals surface area contributed by atoms with Gasteiger partial charge in [-0.2, -0.15) is 0 Å². The predicted octanol–water partition coefficient (Wildman–Crippen LogP) is 1.52. The Hall–Kier alpha value is -2.61. The van der Waals surface area contributed by atoms with Gasteiger partial charge in [0.05, 0.1) is 7.11 Å². The second kappa shape index (κ2) is 11.3. The van der Waals surface area contributed by atoms with E-state index in [0.717, 1.165) is 5.56 Å². The number of hydrogen-bond acceptors (Lipinski definition) is 6. The van der Waals surface area contributed by atoms with E-state index >= 15 is 0 Å². The number of esters is 1. The fourth-order valence-corrected chi connectivity index (χ4v) is 2.50. The van der Waals surface area contributed by atoms with Gasteiger partial charge in [-0.15, -0.1) is 0 Å². The number of benzene rings is 1. The lowest BCUT2D eigenvalue weighted by Crippen LogP contribution is -2.53. The van der Waals surface area contributed by atoms with Gasteiger partial charge in [0.2, 0.25) is 5.91 Å². The number of methoxy groups -OCH3 is 1. The maximum atomic E-state index is 12.7. The summed E-state index contributed by atoms with van der Waals surface area (Å²) in [7, 11) is 1.26. The standard InChI is InChI=1S/C20H31N3O5/c1-20(2,3)28-19(26)23-15(11-8-12-21)17(24)22-16(18(25)27-4)13-14-9-6-5-7-10-14/h5-7,9-10,15-16H,8,11-13,21H2,1-4H3,(H,22,24)(H,23,26)/t15-,16+/m0/s1. The van der Waals surface area contributed by atoms with Crippen LogP contribution in [0.25, 0.3) is 0 Å². The first-order valence-electron chi connectivity index (χ1n) is 9.28. The molecule has 1 rings (SSSR count). The molecule has 0 aliphatic rings. The van der Waals surface area contributed by atoms with Crippen LogP contribution < -0.4 is 16.4 Å². The number of carbonyl (C=O) groups excluding carboxylic acids is 3. The molecule has 0 radical (unpaired) electrons. The van der Waals surface area contributed by atoms with Crippen molar-refractivity contribution in [2.24, 2.45) is 5.73 Å². The summed E-state index contributed by atoms with van der Waals surface area (Å²) < 4.78 is 10.0. The van der Waals surface area contributed by atoms with Crippen LogP contribution in [-0.4, -0.2) is 49.3 Å². The van der Waals surface area contributed by atoms with Crippen LogP contribution in [0, 0.1) is 0 Å². The molecule has 2 atom stereocenters. The molecular weight excluding hydrogens is 362 g/mol. The molecule has 1 aromatic rings. The van der Waals surface area contributed by atoms with Crippen LogP contribution in [0.5, 0.6) is 0 Å². The number of amides is 2. The van der Waals surface area contributed by atoms with Gasteiger partial charge >= 0.3 is 12.1 Å². The zero-order valence-corrected chi connectivity index (χ0v) is 17.0. The minimum absolute atomic E-state index is 0.273. The normalized spacial score (nSPS) is 13.2. The van der Waals surface area contributed by atoms with Crippen molar-refractivity contribution in [2.75, 3.05) is 13.7 Å². The molecular formula is C20H31N3O5. The van der Waals surface area contributed by atoms with Gasteiger partial charge in [0.15, 0.2) is 0 Å². The van der Waals surface area contributed by atoms with Gasteiger partial charge in [-0.3, -0.25) is 4.79 Å². The summed E-state index contributed by atoms with van der Waals surface area (Å²) in [4.78, 5) is 36.9. The Bertz CT molecular complexity index is 643. The highest BCUT2D eigenvalue weighted by Gasteiger charge is 2.28.